The molecule has 1 aliphatic rings. The number of carbonyl (C=O) groups is 1. The first-order valence-electron chi connectivity index (χ1n) is 7.05. The lowest BCUT2D eigenvalue weighted by Crippen LogP contribution is -2.39. The summed E-state index contributed by atoms with van der Waals surface area (Å²) in [7, 11) is 0. The molecule has 0 N–H and O–H groups in total. The molecule has 1 amide bonds. The van der Waals surface area contributed by atoms with Crippen molar-refractivity contribution in [2.75, 3.05) is 6.54 Å². The van der Waals surface area contributed by atoms with Gasteiger partial charge in [-0.25, -0.2) is 13.6 Å². The van der Waals surface area contributed by atoms with E-state index >= 15 is 0 Å². The van der Waals surface area contributed by atoms with Gasteiger partial charge in [-0.15, -0.1) is 0 Å². The number of amides is 1. The minimum atomic E-state index is -0.667. The molecular weight excluding hydrogens is 290 g/mol. The maximum Gasteiger partial charge on any atom is 0.411 e. The number of halogens is 2. The Labute approximate surface area is 128 Å². The first-order chi connectivity index (χ1) is 10.2. The SMILES string of the molecule is CC(C)(C)OC(=O)N1C[C@H](c2cc(F)cc(F)c2)CC1C#N. The summed E-state index contributed by atoms with van der Waals surface area (Å²) in [6, 6.07) is 4.66. The summed E-state index contributed by atoms with van der Waals surface area (Å²) in [5.74, 6) is -1.62. The highest BCUT2D eigenvalue weighted by molar-refractivity contribution is 5.69. The molecule has 1 saturated heterocycles. The summed E-state index contributed by atoms with van der Waals surface area (Å²) in [4.78, 5) is 13.5. The van der Waals surface area contributed by atoms with E-state index < -0.39 is 29.4 Å². The molecule has 118 valence electrons. The second kappa shape index (κ2) is 5.91. The molecule has 0 aromatic heterocycles. The number of hydrogen-bond acceptors (Lipinski definition) is 3. The predicted molar refractivity (Wildman–Crippen MR) is 76.1 cm³/mol. The maximum atomic E-state index is 13.3. The molecule has 1 heterocycles. The van der Waals surface area contributed by atoms with E-state index in [0.717, 1.165) is 6.07 Å². The van der Waals surface area contributed by atoms with Crippen molar-refractivity contribution in [2.24, 2.45) is 0 Å². The fourth-order valence-corrected chi connectivity index (χ4v) is 2.53. The van der Waals surface area contributed by atoms with Crippen LogP contribution in [0.2, 0.25) is 0 Å². The van der Waals surface area contributed by atoms with Crippen LogP contribution in [0, 0.1) is 23.0 Å². The molecule has 1 unspecified atom stereocenters. The van der Waals surface area contributed by atoms with Gasteiger partial charge in [0.25, 0.3) is 0 Å². The fourth-order valence-electron chi connectivity index (χ4n) is 2.53. The third-order valence-electron chi connectivity index (χ3n) is 3.43. The van der Waals surface area contributed by atoms with Gasteiger partial charge in [-0.1, -0.05) is 0 Å². The van der Waals surface area contributed by atoms with E-state index in [9.17, 15) is 18.8 Å². The van der Waals surface area contributed by atoms with Crippen molar-refractivity contribution in [3.8, 4) is 6.07 Å². The monoisotopic (exact) mass is 308 g/mol. The third-order valence-corrected chi connectivity index (χ3v) is 3.43. The van der Waals surface area contributed by atoms with Gasteiger partial charge in [-0.2, -0.15) is 5.26 Å². The number of carbonyl (C=O) groups excluding carboxylic acids is 1. The predicted octanol–water partition coefficient (Wildman–Crippen LogP) is 3.58. The topological polar surface area (TPSA) is 53.3 Å². The molecular formula is C16H18F2N2O2. The minimum Gasteiger partial charge on any atom is -0.444 e. The number of nitriles is 1. The zero-order chi connectivity index (χ0) is 16.5. The van der Waals surface area contributed by atoms with Gasteiger partial charge in [0, 0.05) is 18.5 Å². The van der Waals surface area contributed by atoms with E-state index in [1.807, 2.05) is 6.07 Å². The summed E-state index contributed by atoms with van der Waals surface area (Å²) < 4.78 is 31.9. The second-order valence-corrected chi connectivity index (χ2v) is 6.41. The summed E-state index contributed by atoms with van der Waals surface area (Å²) in [5.41, 5.74) is -0.219. The van der Waals surface area contributed by atoms with E-state index in [-0.39, 0.29) is 12.5 Å². The maximum absolute atomic E-state index is 13.3. The third kappa shape index (κ3) is 3.73. The lowest BCUT2D eigenvalue weighted by molar-refractivity contribution is 0.0257. The van der Waals surface area contributed by atoms with Crippen LogP contribution in [0.25, 0.3) is 0 Å². The smallest absolute Gasteiger partial charge is 0.411 e. The van der Waals surface area contributed by atoms with Gasteiger partial charge in [0.05, 0.1) is 6.07 Å². The summed E-state index contributed by atoms with van der Waals surface area (Å²) in [5, 5.41) is 9.21. The van der Waals surface area contributed by atoms with E-state index in [1.165, 1.54) is 17.0 Å². The Kier molecular flexibility index (Phi) is 4.36. The van der Waals surface area contributed by atoms with Crippen LogP contribution in [-0.2, 0) is 4.74 Å². The molecule has 1 aromatic rings. The van der Waals surface area contributed by atoms with Crippen LogP contribution < -0.4 is 0 Å². The summed E-state index contributed by atoms with van der Waals surface area (Å²) in [6.45, 7) is 5.42. The highest BCUT2D eigenvalue weighted by atomic mass is 19.1. The van der Waals surface area contributed by atoms with Crippen molar-refractivity contribution in [1.29, 1.82) is 5.26 Å². The average molecular weight is 308 g/mol. The van der Waals surface area contributed by atoms with Gasteiger partial charge >= 0.3 is 6.09 Å². The fraction of sp³-hybridized carbons (Fsp3) is 0.500. The molecule has 0 saturated carbocycles. The Morgan fingerprint density at radius 1 is 1.32 bits per heavy atom. The molecule has 2 rings (SSSR count). The second-order valence-electron chi connectivity index (χ2n) is 6.41. The van der Waals surface area contributed by atoms with Crippen LogP contribution in [0.15, 0.2) is 18.2 Å². The van der Waals surface area contributed by atoms with Crippen LogP contribution in [-0.4, -0.2) is 29.2 Å². The molecule has 1 fully saturated rings. The largest absolute Gasteiger partial charge is 0.444 e. The zero-order valence-electron chi connectivity index (χ0n) is 12.8. The first-order valence-corrected chi connectivity index (χ1v) is 7.05. The summed E-state index contributed by atoms with van der Waals surface area (Å²) >= 11 is 0. The summed E-state index contributed by atoms with van der Waals surface area (Å²) in [6.07, 6.45) is -0.253. The van der Waals surface area contributed by atoms with Crippen LogP contribution >= 0.6 is 0 Å². The van der Waals surface area contributed by atoms with Gasteiger partial charge in [0.2, 0.25) is 0 Å². The standard InChI is InChI=1S/C16H18F2N2O2/c1-16(2,3)22-15(21)20-9-11(6-14(20)8-19)10-4-12(17)7-13(18)5-10/h4-5,7,11,14H,6,9H2,1-3H3/t11-,14?/m1/s1. The number of likely N-dealkylation sites (tertiary alicyclic amines) is 1. The van der Waals surface area contributed by atoms with E-state index in [2.05, 4.69) is 0 Å². The molecule has 0 bridgehead atoms. The van der Waals surface area contributed by atoms with Crippen LogP contribution in [0.4, 0.5) is 13.6 Å². The van der Waals surface area contributed by atoms with Crippen molar-refractivity contribution in [3.05, 3.63) is 35.4 Å². The highest BCUT2D eigenvalue weighted by Crippen LogP contribution is 2.33. The molecule has 0 aliphatic carbocycles. The molecule has 2 atom stereocenters. The van der Waals surface area contributed by atoms with Crippen molar-refractivity contribution in [1.82, 2.24) is 4.90 Å². The molecule has 0 radical (unpaired) electrons. The molecule has 1 aliphatic heterocycles. The van der Waals surface area contributed by atoms with Crippen LogP contribution in [0.1, 0.15) is 38.7 Å². The van der Waals surface area contributed by atoms with Crippen molar-refractivity contribution in [2.45, 2.75) is 44.8 Å². The van der Waals surface area contributed by atoms with Gasteiger partial charge in [-0.05, 0) is 44.9 Å². The van der Waals surface area contributed by atoms with E-state index in [1.54, 1.807) is 20.8 Å². The number of nitrogens with zero attached hydrogens (tertiary/aromatic N) is 2. The Morgan fingerprint density at radius 2 is 1.91 bits per heavy atom. The first kappa shape index (κ1) is 16.2. The van der Waals surface area contributed by atoms with Gasteiger partial charge in [0.15, 0.2) is 0 Å². The lowest BCUT2D eigenvalue weighted by Gasteiger charge is -2.26. The molecule has 1 aromatic carbocycles. The van der Waals surface area contributed by atoms with Gasteiger partial charge in [0.1, 0.15) is 23.3 Å². The molecule has 6 heteroatoms. The number of hydrogen-bond donors (Lipinski definition) is 0. The van der Waals surface area contributed by atoms with Gasteiger partial charge in [-0.3, -0.25) is 4.90 Å². The van der Waals surface area contributed by atoms with Crippen molar-refractivity contribution in [3.63, 3.8) is 0 Å². The van der Waals surface area contributed by atoms with Crippen molar-refractivity contribution >= 4 is 6.09 Å². The van der Waals surface area contributed by atoms with E-state index in [4.69, 9.17) is 4.74 Å². The molecule has 4 nitrogen and oxygen atoms in total. The molecule has 0 spiro atoms. The Bertz CT molecular complexity index is 599. The number of rotatable bonds is 1. The number of ether oxygens (including phenoxy) is 1. The molecule has 22 heavy (non-hydrogen) atoms. The lowest BCUT2D eigenvalue weighted by atomic mass is 9.96. The zero-order valence-corrected chi connectivity index (χ0v) is 12.8. The van der Waals surface area contributed by atoms with Gasteiger partial charge < -0.3 is 4.74 Å². The van der Waals surface area contributed by atoms with E-state index in [0.29, 0.717) is 12.0 Å². The highest BCUT2D eigenvalue weighted by Gasteiger charge is 2.38. The Hall–Kier alpha value is -2.16. The average Bonchev–Trinajstić information content (AvgIpc) is 2.79. The van der Waals surface area contributed by atoms with Crippen LogP contribution in [0.3, 0.4) is 0 Å². The number of benzene rings is 1. The Morgan fingerprint density at radius 3 is 2.41 bits per heavy atom. The van der Waals surface area contributed by atoms with Crippen molar-refractivity contribution < 1.29 is 18.3 Å². The quantitative estimate of drug-likeness (QED) is 0.797. The minimum absolute atomic E-state index is 0.204. The normalized spacial score (nSPS) is 21.5. The Balaban J connectivity index is 2.19. The van der Waals surface area contributed by atoms with Crippen LogP contribution in [0.5, 0.6) is 0 Å².